The van der Waals surface area contributed by atoms with E-state index >= 15 is 0 Å². The molecular weight excluding hydrogens is 212 g/mol. The number of methoxy groups -OCH3 is 2. The molecule has 1 fully saturated rings. The summed E-state index contributed by atoms with van der Waals surface area (Å²) in [6.45, 7) is 0.280. The number of nitrogens with one attached hydrogen (secondary N) is 1. The first kappa shape index (κ1) is 10.5. The molecule has 0 aliphatic carbocycles. The molecule has 1 aliphatic heterocycles. The van der Waals surface area contributed by atoms with Gasteiger partial charge in [-0.15, -0.1) is 0 Å². The zero-order valence-electron chi connectivity index (χ0n) is 9.02. The van der Waals surface area contributed by atoms with Crippen LogP contribution >= 0.6 is 0 Å². The summed E-state index contributed by atoms with van der Waals surface area (Å²) in [5, 5.41) is 2.67. The molecule has 6 nitrogen and oxygen atoms in total. The second-order valence-electron chi connectivity index (χ2n) is 3.26. The van der Waals surface area contributed by atoms with Gasteiger partial charge in [0.2, 0.25) is 5.88 Å². The van der Waals surface area contributed by atoms with Crippen LogP contribution in [0.3, 0.4) is 0 Å². The molecule has 86 valence electrons. The Morgan fingerprint density at radius 3 is 2.88 bits per heavy atom. The predicted octanol–water partition coefficient (Wildman–Crippen LogP) is 0.880. The Morgan fingerprint density at radius 2 is 2.31 bits per heavy atom. The highest BCUT2D eigenvalue weighted by Gasteiger charge is 2.27. The van der Waals surface area contributed by atoms with Crippen LogP contribution in [0.2, 0.25) is 0 Å². The van der Waals surface area contributed by atoms with Crippen molar-refractivity contribution in [1.29, 1.82) is 0 Å². The average molecular weight is 224 g/mol. The van der Waals surface area contributed by atoms with Crippen molar-refractivity contribution in [3.8, 4) is 11.6 Å². The monoisotopic (exact) mass is 224 g/mol. The minimum atomic E-state index is -0.428. The fourth-order valence-corrected chi connectivity index (χ4v) is 1.54. The molecule has 2 heterocycles. The number of aromatic nitrogens is 1. The Hall–Kier alpha value is -1.98. The van der Waals surface area contributed by atoms with Crippen molar-refractivity contribution in [2.75, 3.05) is 20.8 Å². The minimum absolute atomic E-state index is 0.223. The number of carbonyl (C=O) groups is 1. The summed E-state index contributed by atoms with van der Waals surface area (Å²) in [5.41, 5.74) is 0.792. The van der Waals surface area contributed by atoms with Gasteiger partial charge in [-0.05, 0) is 0 Å². The van der Waals surface area contributed by atoms with Gasteiger partial charge in [-0.2, -0.15) is 0 Å². The Labute approximate surface area is 92.5 Å². The summed E-state index contributed by atoms with van der Waals surface area (Å²) < 4.78 is 15.0. The summed E-state index contributed by atoms with van der Waals surface area (Å²) in [5.74, 6) is 1.06. The van der Waals surface area contributed by atoms with Crippen LogP contribution in [0.5, 0.6) is 11.6 Å². The molecule has 0 saturated carbocycles. The number of pyridine rings is 1. The number of amides is 1. The van der Waals surface area contributed by atoms with Crippen molar-refractivity contribution in [3.05, 3.63) is 17.8 Å². The molecule has 1 saturated heterocycles. The molecule has 1 unspecified atom stereocenters. The normalized spacial score (nSPS) is 18.9. The lowest BCUT2D eigenvalue weighted by molar-refractivity contribution is 0.177. The molecule has 2 rings (SSSR count). The van der Waals surface area contributed by atoms with Gasteiger partial charge in [0, 0.05) is 11.6 Å². The maximum atomic E-state index is 11.0. The van der Waals surface area contributed by atoms with Crippen LogP contribution in [0.1, 0.15) is 11.6 Å². The van der Waals surface area contributed by atoms with Crippen LogP contribution in [0.4, 0.5) is 4.79 Å². The molecule has 0 aromatic carbocycles. The van der Waals surface area contributed by atoms with E-state index in [1.54, 1.807) is 19.4 Å². The van der Waals surface area contributed by atoms with E-state index in [2.05, 4.69) is 10.3 Å². The zero-order chi connectivity index (χ0) is 11.5. The second kappa shape index (κ2) is 4.26. The van der Waals surface area contributed by atoms with E-state index in [9.17, 15) is 4.79 Å². The lowest BCUT2D eigenvalue weighted by Crippen LogP contribution is -2.19. The van der Waals surface area contributed by atoms with E-state index < -0.39 is 6.09 Å². The third-order valence-corrected chi connectivity index (χ3v) is 2.35. The highest BCUT2D eigenvalue weighted by Crippen LogP contribution is 2.29. The molecule has 1 N–H and O–H groups in total. The molecule has 0 bridgehead atoms. The van der Waals surface area contributed by atoms with Gasteiger partial charge in [-0.1, -0.05) is 0 Å². The molecule has 1 aromatic rings. The largest absolute Gasteiger partial charge is 0.495 e. The van der Waals surface area contributed by atoms with Gasteiger partial charge in [-0.25, -0.2) is 9.78 Å². The molecule has 1 aromatic heterocycles. The summed E-state index contributed by atoms with van der Waals surface area (Å²) in [4.78, 5) is 15.0. The Balaban J connectivity index is 2.33. The molecule has 16 heavy (non-hydrogen) atoms. The fourth-order valence-electron chi connectivity index (χ4n) is 1.54. The average Bonchev–Trinajstić information content (AvgIpc) is 2.75. The summed E-state index contributed by atoms with van der Waals surface area (Å²) in [6, 6.07) is 1.50. The van der Waals surface area contributed by atoms with Crippen molar-refractivity contribution in [2.24, 2.45) is 0 Å². The van der Waals surface area contributed by atoms with Gasteiger partial charge < -0.3 is 19.5 Å². The number of carbonyl (C=O) groups excluding carboxylic acids is 1. The lowest BCUT2D eigenvalue weighted by Gasteiger charge is -2.13. The van der Waals surface area contributed by atoms with Crippen LogP contribution in [0, 0.1) is 0 Å². The van der Waals surface area contributed by atoms with Crippen LogP contribution < -0.4 is 14.8 Å². The molecule has 0 radical (unpaired) electrons. The topological polar surface area (TPSA) is 69.7 Å². The fraction of sp³-hybridized carbons (Fsp3) is 0.400. The summed E-state index contributed by atoms with van der Waals surface area (Å²) in [6.07, 6.45) is 1.13. The van der Waals surface area contributed by atoms with Crippen molar-refractivity contribution in [1.82, 2.24) is 10.3 Å². The zero-order valence-corrected chi connectivity index (χ0v) is 9.02. The van der Waals surface area contributed by atoms with Crippen molar-refractivity contribution in [2.45, 2.75) is 6.04 Å². The molecule has 6 heteroatoms. The molecule has 0 spiro atoms. The van der Waals surface area contributed by atoms with Gasteiger partial charge >= 0.3 is 6.09 Å². The number of alkyl carbamates (subject to hydrolysis) is 1. The predicted molar refractivity (Wildman–Crippen MR) is 54.6 cm³/mol. The van der Waals surface area contributed by atoms with Gasteiger partial charge in [-0.3, -0.25) is 0 Å². The highest BCUT2D eigenvalue weighted by atomic mass is 16.6. The Bertz CT molecular complexity index is 408. The van der Waals surface area contributed by atoms with E-state index in [-0.39, 0.29) is 12.6 Å². The first-order valence-corrected chi connectivity index (χ1v) is 4.76. The maximum Gasteiger partial charge on any atom is 0.407 e. The van der Waals surface area contributed by atoms with Gasteiger partial charge in [0.1, 0.15) is 12.4 Å². The number of hydrogen-bond donors (Lipinski definition) is 1. The van der Waals surface area contributed by atoms with Gasteiger partial charge in [0.05, 0.1) is 26.5 Å². The van der Waals surface area contributed by atoms with Gasteiger partial charge in [0.15, 0.2) is 0 Å². The standard InChI is InChI=1S/C10H12N2O4/c1-14-8-4-11-9(15-2)3-6(8)7-5-16-10(13)12-7/h3-4,7H,5H2,1-2H3,(H,12,13). The van der Waals surface area contributed by atoms with Crippen LogP contribution in [0.15, 0.2) is 12.3 Å². The van der Waals surface area contributed by atoms with E-state index in [1.807, 2.05) is 0 Å². The molecule has 1 atom stereocenters. The lowest BCUT2D eigenvalue weighted by atomic mass is 10.1. The van der Waals surface area contributed by atoms with Crippen LogP contribution in [-0.4, -0.2) is 31.9 Å². The van der Waals surface area contributed by atoms with E-state index in [4.69, 9.17) is 14.2 Å². The smallest absolute Gasteiger partial charge is 0.407 e. The number of nitrogens with zero attached hydrogens (tertiary/aromatic N) is 1. The second-order valence-corrected chi connectivity index (χ2v) is 3.26. The SMILES string of the molecule is COc1cc(C2COC(=O)N2)c(OC)cn1. The highest BCUT2D eigenvalue weighted by molar-refractivity contribution is 5.70. The van der Waals surface area contributed by atoms with Gasteiger partial charge in [0.25, 0.3) is 0 Å². The van der Waals surface area contributed by atoms with E-state index in [0.717, 1.165) is 5.56 Å². The number of ether oxygens (including phenoxy) is 3. The molecular formula is C10H12N2O4. The molecule has 1 amide bonds. The number of hydrogen-bond acceptors (Lipinski definition) is 5. The number of rotatable bonds is 3. The van der Waals surface area contributed by atoms with Crippen molar-refractivity contribution in [3.63, 3.8) is 0 Å². The Morgan fingerprint density at radius 1 is 1.50 bits per heavy atom. The van der Waals surface area contributed by atoms with Crippen molar-refractivity contribution < 1.29 is 19.0 Å². The number of cyclic esters (lactones) is 1. The van der Waals surface area contributed by atoms with E-state index in [0.29, 0.717) is 11.6 Å². The van der Waals surface area contributed by atoms with E-state index in [1.165, 1.54) is 7.11 Å². The third-order valence-electron chi connectivity index (χ3n) is 2.35. The quantitative estimate of drug-likeness (QED) is 0.825. The minimum Gasteiger partial charge on any atom is -0.495 e. The van der Waals surface area contributed by atoms with Crippen LogP contribution in [0.25, 0.3) is 0 Å². The van der Waals surface area contributed by atoms with Crippen molar-refractivity contribution >= 4 is 6.09 Å². The maximum absolute atomic E-state index is 11.0. The summed E-state index contributed by atoms with van der Waals surface area (Å²) >= 11 is 0. The van der Waals surface area contributed by atoms with Crippen LogP contribution in [-0.2, 0) is 4.74 Å². The molecule has 1 aliphatic rings. The first-order valence-electron chi connectivity index (χ1n) is 4.76. The summed E-state index contributed by atoms with van der Waals surface area (Å²) in [7, 11) is 3.08. The first-order chi connectivity index (χ1) is 7.74. The third kappa shape index (κ3) is 1.86. The Kier molecular flexibility index (Phi) is 2.80.